The van der Waals surface area contributed by atoms with Crippen LogP contribution in [-0.2, 0) is 28.6 Å². The maximum absolute atomic E-state index is 12.9. The molecule has 0 aliphatic carbocycles. The molecule has 1 unspecified atom stereocenters. The molecule has 0 rings (SSSR count). The minimum absolute atomic E-state index is 0.0776. The summed E-state index contributed by atoms with van der Waals surface area (Å²) in [7, 11) is 0. The predicted molar refractivity (Wildman–Crippen MR) is 358 cm³/mol. The summed E-state index contributed by atoms with van der Waals surface area (Å²) in [6, 6.07) is 0. The summed E-state index contributed by atoms with van der Waals surface area (Å²) < 4.78 is 17.0. The van der Waals surface area contributed by atoms with Gasteiger partial charge in [0.05, 0.1) is 0 Å². The Morgan fingerprint density at radius 1 is 0.244 bits per heavy atom. The lowest BCUT2D eigenvalue weighted by Crippen LogP contribution is -2.30. The molecule has 0 aromatic heterocycles. The molecule has 6 nitrogen and oxygen atoms in total. The van der Waals surface area contributed by atoms with Gasteiger partial charge in [-0.2, -0.15) is 0 Å². The summed E-state index contributed by atoms with van der Waals surface area (Å²) in [5.41, 5.74) is 0. The molecule has 0 bridgehead atoms. The van der Waals surface area contributed by atoms with Crippen molar-refractivity contribution in [2.45, 2.75) is 380 Å². The van der Waals surface area contributed by atoms with Crippen molar-refractivity contribution in [2.75, 3.05) is 13.2 Å². The topological polar surface area (TPSA) is 78.9 Å². The summed E-state index contributed by atoms with van der Waals surface area (Å²) in [6.07, 6.45) is 92.2. The second-order valence-corrected chi connectivity index (χ2v) is 24.1. The van der Waals surface area contributed by atoms with E-state index in [0.29, 0.717) is 19.3 Å². The van der Waals surface area contributed by atoms with Crippen LogP contribution in [0.2, 0.25) is 0 Å². The van der Waals surface area contributed by atoms with Gasteiger partial charge in [-0.05, 0) is 109 Å². The minimum atomic E-state index is -0.783. The van der Waals surface area contributed by atoms with Crippen molar-refractivity contribution in [3.8, 4) is 0 Å². The standard InChI is InChI=1S/C76H136O6/c1-4-7-10-13-16-19-22-25-28-30-32-33-34-35-36-37-38-39-40-41-42-43-45-46-48-51-54-57-60-63-66-69-75(78)81-72-73(71-80-74(77)68-65-62-59-56-53-50-27-24-21-18-15-12-9-6-3)82-76(79)70-67-64-61-58-55-52-49-47-44-31-29-26-23-20-17-14-11-8-5-2/h15,18,22,24-27,29-30,32,34-35,73H,4-14,16-17,19-21,23,28,31,33,36-72H2,1-3H3/b18-15-,25-22-,27-24-,29-26-,32-30-,35-34-. The Kier molecular flexibility index (Phi) is 67.6. The van der Waals surface area contributed by atoms with Gasteiger partial charge in [0.1, 0.15) is 13.2 Å². The number of carbonyl (C=O) groups excluding carboxylic acids is 3. The molecule has 0 aromatic rings. The molecule has 0 aliphatic heterocycles. The smallest absolute Gasteiger partial charge is 0.306 e. The van der Waals surface area contributed by atoms with Gasteiger partial charge in [0.15, 0.2) is 6.10 Å². The van der Waals surface area contributed by atoms with Crippen LogP contribution in [0.1, 0.15) is 374 Å². The van der Waals surface area contributed by atoms with Crippen LogP contribution in [0.15, 0.2) is 72.9 Å². The van der Waals surface area contributed by atoms with Crippen LogP contribution in [0.3, 0.4) is 0 Å². The Bertz CT molecular complexity index is 1500. The first-order valence-electron chi connectivity index (χ1n) is 35.9. The minimum Gasteiger partial charge on any atom is -0.462 e. The van der Waals surface area contributed by atoms with Crippen LogP contribution in [0, 0.1) is 0 Å². The fourth-order valence-corrected chi connectivity index (χ4v) is 10.5. The van der Waals surface area contributed by atoms with Gasteiger partial charge in [0, 0.05) is 19.3 Å². The van der Waals surface area contributed by atoms with E-state index in [1.54, 1.807) is 0 Å². The van der Waals surface area contributed by atoms with E-state index in [-0.39, 0.29) is 31.1 Å². The number of hydrogen-bond acceptors (Lipinski definition) is 6. The van der Waals surface area contributed by atoms with Gasteiger partial charge < -0.3 is 14.2 Å². The van der Waals surface area contributed by atoms with E-state index in [4.69, 9.17) is 14.2 Å². The van der Waals surface area contributed by atoms with E-state index in [9.17, 15) is 14.4 Å². The van der Waals surface area contributed by atoms with Crippen molar-refractivity contribution in [1.82, 2.24) is 0 Å². The summed E-state index contributed by atoms with van der Waals surface area (Å²) in [6.45, 7) is 6.62. The van der Waals surface area contributed by atoms with Crippen LogP contribution in [0.5, 0.6) is 0 Å². The van der Waals surface area contributed by atoms with Crippen molar-refractivity contribution in [3.63, 3.8) is 0 Å². The molecule has 0 heterocycles. The Morgan fingerprint density at radius 2 is 0.451 bits per heavy atom. The lowest BCUT2D eigenvalue weighted by Gasteiger charge is -2.18. The molecule has 0 saturated heterocycles. The number of esters is 3. The van der Waals surface area contributed by atoms with Crippen LogP contribution >= 0.6 is 0 Å². The quantitative estimate of drug-likeness (QED) is 0.0261. The Labute approximate surface area is 510 Å². The van der Waals surface area contributed by atoms with Crippen molar-refractivity contribution in [1.29, 1.82) is 0 Å². The van der Waals surface area contributed by atoms with Crippen molar-refractivity contribution in [3.05, 3.63) is 72.9 Å². The first-order valence-corrected chi connectivity index (χ1v) is 35.9. The van der Waals surface area contributed by atoms with Crippen LogP contribution in [0.4, 0.5) is 0 Å². The molecule has 82 heavy (non-hydrogen) atoms. The van der Waals surface area contributed by atoms with Gasteiger partial charge in [-0.25, -0.2) is 0 Å². The van der Waals surface area contributed by atoms with Gasteiger partial charge >= 0.3 is 17.9 Å². The number of allylic oxidation sites excluding steroid dienone is 12. The average molecular weight is 1150 g/mol. The molecular weight excluding hydrogens is 1010 g/mol. The number of unbranched alkanes of at least 4 members (excludes halogenated alkanes) is 43. The summed E-state index contributed by atoms with van der Waals surface area (Å²) in [4.78, 5) is 38.4. The number of hydrogen-bond donors (Lipinski definition) is 0. The number of rotatable bonds is 66. The van der Waals surface area contributed by atoms with Gasteiger partial charge in [-0.1, -0.05) is 318 Å². The summed E-state index contributed by atoms with van der Waals surface area (Å²) in [5.74, 6) is -0.874. The SMILES string of the molecule is CCCC/C=C\C/C=C\CCCCCCCC(=O)OCC(COC(=O)CCCCCCCCCCCCCCCCCC/C=C\C/C=C\C/C=C\CCCCCCC)OC(=O)CCCCCCCCCCC/C=C\CCCCCCCC. The lowest BCUT2D eigenvalue weighted by atomic mass is 10.0. The second-order valence-electron chi connectivity index (χ2n) is 24.1. The Hall–Kier alpha value is -3.15. The zero-order valence-corrected chi connectivity index (χ0v) is 54.8. The molecule has 0 radical (unpaired) electrons. The molecule has 0 spiro atoms. The summed E-state index contributed by atoms with van der Waals surface area (Å²) in [5, 5.41) is 0. The van der Waals surface area contributed by atoms with Crippen molar-refractivity contribution in [2.24, 2.45) is 0 Å². The lowest BCUT2D eigenvalue weighted by molar-refractivity contribution is -0.167. The van der Waals surface area contributed by atoms with Gasteiger partial charge in [0.25, 0.3) is 0 Å². The van der Waals surface area contributed by atoms with Gasteiger partial charge in [-0.3, -0.25) is 14.4 Å². The molecule has 0 N–H and O–H groups in total. The van der Waals surface area contributed by atoms with Crippen LogP contribution in [0.25, 0.3) is 0 Å². The largest absolute Gasteiger partial charge is 0.462 e. The monoisotopic (exact) mass is 1150 g/mol. The van der Waals surface area contributed by atoms with E-state index in [0.717, 1.165) is 89.9 Å². The number of ether oxygens (including phenoxy) is 3. The molecule has 0 amide bonds. The number of carbonyl (C=O) groups is 3. The molecule has 0 aromatic carbocycles. The molecule has 6 heteroatoms. The molecule has 0 fully saturated rings. The van der Waals surface area contributed by atoms with Crippen molar-refractivity contribution < 1.29 is 28.6 Å². The third-order valence-electron chi connectivity index (χ3n) is 15.9. The van der Waals surface area contributed by atoms with Crippen molar-refractivity contribution >= 4 is 17.9 Å². The van der Waals surface area contributed by atoms with Crippen LogP contribution < -0.4 is 0 Å². The first kappa shape index (κ1) is 78.8. The third-order valence-corrected chi connectivity index (χ3v) is 15.9. The highest BCUT2D eigenvalue weighted by atomic mass is 16.6. The zero-order valence-electron chi connectivity index (χ0n) is 54.8. The van der Waals surface area contributed by atoms with E-state index in [1.807, 2.05) is 0 Å². The van der Waals surface area contributed by atoms with E-state index < -0.39 is 6.10 Å². The highest BCUT2D eigenvalue weighted by Crippen LogP contribution is 2.18. The fraction of sp³-hybridized carbons (Fsp3) is 0.803. The summed E-state index contributed by atoms with van der Waals surface area (Å²) >= 11 is 0. The van der Waals surface area contributed by atoms with Gasteiger partial charge in [0.2, 0.25) is 0 Å². The second kappa shape index (κ2) is 70.3. The van der Waals surface area contributed by atoms with E-state index >= 15 is 0 Å². The van der Waals surface area contributed by atoms with Crippen LogP contribution in [-0.4, -0.2) is 37.2 Å². The van der Waals surface area contributed by atoms with E-state index in [1.165, 1.54) is 244 Å². The van der Waals surface area contributed by atoms with E-state index in [2.05, 4.69) is 93.7 Å². The fourth-order valence-electron chi connectivity index (χ4n) is 10.5. The zero-order chi connectivity index (χ0) is 59.2. The molecule has 0 saturated carbocycles. The molecule has 1 atom stereocenters. The highest BCUT2D eigenvalue weighted by Gasteiger charge is 2.19. The highest BCUT2D eigenvalue weighted by molar-refractivity contribution is 5.71. The third kappa shape index (κ3) is 67.6. The van der Waals surface area contributed by atoms with Gasteiger partial charge in [-0.15, -0.1) is 0 Å². The normalized spacial score (nSPS) is 12.5. The molecule has 476 valence electrons. The molecular formula is C76H136O6. The predicted octanol–water partition coefficient (Wildman–Crippen LogP) is 24.8. The molecule has 0 aliphatic rings. The maximum atomic E-state index is 12.9. The average Bonchev–Trinajstić information content (AvgIpc) is 3.47. The Morgan fingerprint density at radius 3 is 0.732 bits per heavy atom. The maximum Gasteiger partial charge on any atom is 0.306 e. The Balaban J connectivity index is 4.22. The first-order chi connectivity index (χ1) is 40.5.